The second kappa shape index (κ2) is 4.51. The highest BCUT2D eigenvalue weighted by molar-refractivity contribution is 9.10. The fraction of sp³-hybridized carbons (Fsp3) is 0.462. The van der Waals surface area contributed by atoms with Crippen LogP contribution in [-0.2, 0) is 11.0 Å². The van der Waals surface area contributed by atoms with Crippen molar-refractivity contribution in [1.29, 1.82) is 0 Å². The van der Waals surface area contributed by atoms with Gasteiger partial charge in [0, 0.05) is 10.4 Å². The summed E-state index contributed by atoms with van der Waals surface area (Å²) in [6.07, 6.45) is -3.66. The number of benzene rings is 1. The maximum absolute atomic E-state index is 12.6. The van der Waals surface area contributed by atoms with Crippen LogP contribution in [0, 0.1) is 11.3 Å². The smallest absolute Gasteiger partial charge is 0.325 e. The third kappa shape index (κ3) is 3.11. The zero-order chi connectivity index (χ0) is 14.4. The average Bonchev–Trinajstić information content (AvgIpc) is 2.89. The van der Waals surface area contributed by atoms with Gasteiger partial charge in [-0.05, 0) is 46.0 Å². The Kier molecular flexibility index (Phi) is 3.41. The van der Waals surface area contributed by atoms with Crippen LogP contribution in [0.4, 0.5) is 18.9 Å². The van der Waals surface area contributed by atoms with Crippen LogP contribution in [-0.4, -0.2) is 5.91 Å². The summed E-state index contributed by atoms with van der Waals surface area (Å²) in [7, 11) is 0. The highest BCUT2D eigenvalue weighted by Crippen LogP contribution is 2.52. The van der Waals surface area contributed by atoms with Crippen molar-refractivity contribution in [3.05, 3.63) is 28.2 Å². The molecule has 0 aromatic heterocycles. The second-order valence-corrected chi connectivity index (χ2v) is 6.28. The Bertz CT molecular complexity index is 525. The van der Waals surface area contributed by atoms with Gasteiger partial charge in [0.1, 0.15) is 0 Å². The largest absolute Gasteiger partial charge is 0.416 e. The summed E-state index contributed by atoms with van der Waals surface area (Å²) in [5, 5.41) is 2.55. The second-order valence-electron chi connectivity index (χ2n) is 5.43. The fourth-order valence-electron chi connectivity index (χ4n) is 1.93. The topological polar surface area (TPSA) is 29.1 Å². The lowest BCUT2D eigenvalue weighted by Gasteiger charge is -2.12. The number of carbonyl (C=O) groups is 1. The molecule has 1 N–H and O–H groups in total. The molecule has 0 spiro atoms. The predicted octanol–water partition coefficient (Wildman–Crippen LogP) is 4.45. The van der Waals surface area contributed by atoms with Crippen LogP contribution in [0.3, 0.4) is 0 Å². The molecule has 1 saturated carbocycles. The molecule has 1 aromatic carbocycles. The van der Waals surface area contributed by atoms with E-state index in [9.17, 15) is 18.0 Å². The number of nitrogens with one attached hydrogen (secondary N) is 1. The van der Waals surface area contributed by atoms with E-state index in [1.807, 2.05) is 13.8 Å². The van der Waals surface area contributed by atoms with E-state index in [4.69, 9.17) is 0 Å². The number of alkyl halides is 3. The van der Waals surface area contributed by atoms with Crippen molar-refractivity contribution < 1.29 is 18.0 Å². The Morgan fingerprint density at radius 3 is 2.47 bits per heavy atom. The maximum atomic E-state index is 12.6. The molecule has 2 rings (SSSR count). The normalized spacial score (nSPS) is 21.1. The van der Waals surface area contributed by atoms with Gasteiger partial charge in [0.2, 0.25) is 5.91 Å². The molecule has 0 saturated heterocycles. The zero-order valence-corrected chi connectivity index (χ0v) is 12.0. The van der Waals surface area contributed by atoms with Crippen molar-refractivity contribution in [3.8, 4) is 0 Å². The van der Waals surface area contributed by atoms with Crippen LogP contribution < -0.4 is 5.32 Å². The standard InChI is InChI=1S/C13H13BrF3NO/c1-12(2)6-8(12)11(19)18-10-5-7(13(15,16)17)3-4-9(10)14/h3-5,8H,6H2,1-2H3,(H,18,19). The van der Waals surface area contributed by atoms with Crippen molar-refractivity contribution in [1.82, 2.24) is 0 Å². The summed E-state index contributed by atoms with van der Waals surface area (Å²) in [5.41, 5.74) is -0.679. The van der Waals surface area contributed by atoms with Crippen LogP contribution in [0.1, 0.15) is 25.8 Å². The number of anilines is 1. The lowest BCUT2D eigenvalue weighted by atomic mass is 10.1. The molecule has 6 heteroatoms. The van der Waals surface area contributed by atoms with E-state index in [0.29, 0.717) is 4.47 Å². The van der Waals surface area contributed by atoms with Gasteiger partial charge in [0.15, 0.2) is 0 Å². The Labute approximate surface area is 117 Å². The molecule has 19 heavy (non-hydrogen) atoms. The molecule has 0 aliphatic heterocycles. The average molecular weight is 336 g/mol. The lowest BCUT2D eigenvalue weighted by molar-refractivity contribution is -0.137. The zero-order valence-electron chi connectivity index (χ0n) is 10.4. The van der Waals surface area contributed by atoms with E-state index in [2.05, 4.69) is 21.2 Å². The first-order chi connectivity index (χ1) is 8.61. The van der Waals surface area contributed by atoms with Gasteiger partial charge in [-0.1, -0.05) is 13.8 Å². The van der Waals surface area contributed by atoms with Crippen molar-refractivity contribution in [2.24, 2.45) is 11.3 Å². The van der Waals surface area contributed by atoms with Crippen LogP contribution in [0.2, 0.25) is 0 Å². The minimum atomic E-state index is -4.42. The quantitative estimate of drug-likeness (QED) is 0.849. The molecule has 0 heterocycles. The Balaban J connectivity index is 2.18. The van der Waals surface area contributed by atoms with E-state index < -0.39 is 11.7 Å². The van der Waals surface area contributed by atoms with Crippen molar-refractivity contribution in [3.63, 3.8) is 0 Å². The molecule has 0 radical (unpaired) electrons. The predicted molar refractivity (Wildman–Crippen MR) is 69.7 cm³/mol. The minimum absolute atomic E-state index is 0.0573. The summed E-state index contributed by atoms with van der Waals surface area (Å²) in [6.45, 7) is 3.91. The van der Waals surface area contributed by atoms with E-state index in [1.54, 1.807) is 0 Å². The van der Waals surface area contributed by atoms with Crippen molar-refractivity contribution in [2.75, 3.05) is 5.32 Å². The minimum Gasteiger partial charge on any atom is -0.325 e. The lowest BCUT2D eigenvalue weighted by Crippen LogP contribution is -2.17. The van der Waals surface area contributed by atoms with Crippen molar-refractivity contribution in [2.45, 2.75) is 26.4 Å². The number of halogens is 4. The van der Waals surface area contributed by atoms with Crippen LogP contribution in [0.5, 0.6) is 0 Å². The molecule has 1 amide bonds. The molecule has 2 nitrogen and oxygen atoms in total. The third-order valence-corrected chi connectivity index (χ3v) is 4.07. The molecule has 1 aromatic rings. The van der Waals surface area contributed by atoms with E-state index in [1.165, 1.54) is 6.07 Å². The SMILES string of the molecule is CC1(C)CC1C(=O)Nc1cc(C(F)(F)F)ccc1Br. The molecular formula is C13H13BrF3NO. The molecule has 1 aliphatic carbocycles. The molecular weight excluding hydrogens is 323 g/mol. The molecule has 1 unspecified atom stereocenters. The molecule has 1 fully saturated rings. The summed E-state index contributed by atoms with van der Waals surface area (Å²) in [5.74, 6) is -0.362. The number of amides is 1. The highest BCUT2D eigenvalue weighted by atomic mass is 79.9. The van der Waals surface area contributed by atoms with Crippen LogP contribution >= 0.6 is 15.9 Å². The summed E-state index contributed by atoms with van der Waals surface area (Å²) in [6, 6.07) is 3.20. The van der Waals surface area contributed by atoms with Gasteiger partial charge >= 0.3 is 6.18 Å². The van der Waals surface area contributed by atoms with E-state index >= 15 is 0 Å². The van der Waals surface area contributed by atoms with Gasteiger partial charge in [0.05, 0.1) is 11.3 Å². The number of hydrogen-bond donors (Lipinski definition) is 1. The Morgan fingerprint density at radius 2 is 2.00 bits per heavy atom. The first kappa shape index (κ1) is 14.4. The molecule has 1 atom stereocenters. The summed E-state index contributed by atoms with van der Waals surface area (Å²) >= 11 is 3.14. The van der Waals surface area contributed by atoms with E-state index in [0.717, 1.165) is 18.6 Å². The molecule has 0 bridgehead atoms. The van der Waals surface area contributed by atoms with Gasteiger partial charge in [-0.2, -0.15) is 13.2 Å². The van der Waals surface area contributed by atoms with Crippen LogP contribution in [0.15, 0.2) is 22.7 Å². The first-order valence-electron chi connectivity index (χ1n) is 5.79. The molecule has 104 valence electrons. The van der Waals surface area contributed by atoms with Gasteiger partial charge in [0.25, 0.3) is 0 Å². The van der Waals surface area contributed by atoms with Crippen molar-refractivity contribution >= 4 is 27.5 Å². The maximum Gasteiger partial charge on any atom is 0.416 e. The Hall–Kier alpha value is -1.04. The number of carbonyl (C=O) groups excluding carboxylic acids is 1. The first-order valence-corrected chi connectivity index (χ1v) is 6.58. The van der Waals surface area contributed by atoms with Gasteiger partial charge in [-0.25, -0.2) is 0 Å². The molecule has 1 aliphatic rings. The summed E-state index contributed by atoms with van der Waals surface area (Å²) in [4.78, 5) is 11.9. The number of hydrogen-bond acceptors (Lipinski definition) is 1. The highest BCUT2D eigenvalue weighted by Gasteiger charge is 2.50. The fourth-order valence-corrected chi connectivity index (χ4v) is 2.28. The van der Waals surface area contributed by atoms with Gasteiger partial charge in [-0.15, -0.1) is 0 Å². The van der Waals surface area contributed by atoms with Crippen LogP contribution in [0.25, 0.3) is 0 Å². The Morgan fingerprint density at radius 1 is 1.42 bits per heavy atom. The monoisotopic (exact) mass is 335 g/mol. The van der Waals surface area contributed by atoms with Gasteiger partial charge in [-0.3, -0.25) is 4.79 Å². The summed E-state index contributed by atoms with van der Waals surface area (Å²) < 4.78 is 38.2. The van der Waals surface area contributed by atoms with E-state index in [-0.39, 0.29) is 22.9 Å². The number of rotatable bonds is 2. The third-order valence-electron chi connectivity index (χ3n) is 3.38. The van der Waals surface area contributed by atoms with Gasteiger partial charge < -0.3 is 5.32 Å².